The molecule has 0 aromatic heterocycles. The first-order chi connectivity index (χ1) is 8.07. The van der Waals surface area contributed by atoms with Gasteiger partial charge in [-0.15, -0.1) is 0 Å². The molecule has 0 unspecified atom stereocenters. The molecule has 1 aliphatic carbocycles. The van der Waals surface area contributed by atoms with Gasteiger partial charge in [-0.2, -0.15) is 0 Å². The number of rotatable bonds is 3. The normalized spacial score (nSPS) is 17.4. The molecule has 4 heteroatoms. The van der Waals surface area contributed by atoms with E-state index in [1.54, 1.807) is 12.1 Å². The molecule has 0 spiro atoms. The van der Waals surface area contributed by atoms with Crippen LogP contribution >= 0.6 is 11.6 Å². The predicted octanol–water partition coefficient (Wildman–Crippen LogP) is 2.75. The highest BCUT2D eigenvalue weighted by molar-refractivity contribution is 6.30. The van der Waals surface area contributed by atoms with Crippen molar-refractivity contribution in [3.05, 3.63) is 28.8 Å². The Hall–Kier alpha value is -1.06. The molecule has 0 heterocycles. The summed E-state index contributed by atoms with van der Waals surface area (Å²) in [6.07, 6.45) is 2.54. The molecule has 0 radical (unpaired) electrons. The van der Waals surface area contributed by atoms with Crippen LogP contribution in [-0.4, -0.2) is 17.6 Å². The van der Waals surface area contributed by atoms with Gasteiger partial charge in [0, 0.05) is 10.7 Å². The average Bonchev–Trinajstić information content (AvgIpc) is 2.21. The van der Waals surface area contributed by atoms with Crippen molar-refractivity contribution in [2.75, 3.05) is 11.9 Å². The monoisotopic (exact) mass is 253 g/mol. The van der Waals surface area contributed by atoms with Gasteiger partial charge >= 0.3 is 0 Å². The Morgan fingerprint density at radius 1 is 1.53 bits per heavy atom. The van der Waals surface area contributed by atoms with Gasteiger partial charge in [0.1, 0.15) is 0 Å². The molecule has 0 saturated heterocycles. The minimum Gasteiger partial charge on any atom is -0.395 e. The summed E-state index contributed by atoms with van der Waals surface area (Å²) in [5, 5.41) is 12.8. The summed E-state index contributed by atoms with van der Waals surface area (Å²) in [4.78, 5) is 12.1. The van der Waals surface area contributed by atoms with Crippen LogP contribution in [0.4, 0.5) is 5.69 Å². The predicted molar refractivity (Wildman–Crippen MR) is 68.2 cm³/mol. The third-order valence-corrected chi connectivity index (χ3v) is 3.77. The minimum atomic E-state index is -0.563. The van der Waals surface area contributed by atoms with Crippen molar-refractivity contribution in [3.8, 4) is 0 Å². The largest absolute Gasteiger partial charge is 0.395 e. The van der Waals surface area contributed by atoms with Crippen LogP contribution in [0.3, 0.4) is 0 Å². The van der Waals surface area contributed by atoms with Crippen LogP contribution in [0.25, 0.3) is 0 Å². The summed E-state index contributed by atoms with van der Waals surface area (Å²) in [7, 11) is 0. The molecule has 1 aromatic rings. The van der Waals surface area contributed by atoms with Gasteiger partial charge in [-0.25, -0.2) is 0 Å². The number of aryl methyl sites for hydroxylation is 1. The fraction of sp³-hybridized carbons (Fsp3) is 0.462. The molecule has 2 N–H and O–H groups in total. The van der Waals surface area contributed by atoms with Crippen molar-refractivity contribution in [3.63, 3.8) is 0 Å². The Morgan fingerprint density at radius 2 is 2.24 bits per heavy atom. The number of aliphatic hydroxyl groups is 1. The van der Waals surface area contributed by atoms with Crippen LogP contribution in [0.5, 0.6) is 0 Å². The van der Waals surface area contributed by atoms with E-state index >= 15 is 0 Å². The Kier molecular flexibility index (Phi) is 3.40. The third kappa shape index (κ3) is 2.31. The standard InChI is InChI=1S/C13H16ClNO2/c1-9-7-10(14)3-4-11(9)15-12(17)13(8-16)5-2-6-13/h3-4,7,16H,2,5-6,8H2,1H3,(H,15,17). The molecule has 1 amide bonds. The van der Waals surface area contributed by atoms with Gasteiger partial charge in [0.2, 0.25) is 5.91 Å². The van der Waals surface area contributed by atoms with Crippen molar-refractivity contribution in [2.45, 2.75) is 26.2 Å². The van der Waals surface area contributed by atoms with E-state index < -0.39 is 5.41 Å². The van der Waals surface area contributed by atoms with Crippen LogP contribution in [0.1, 0.15) is 24.8 Å². The Morgan fingerprint density at radius 3 is 2.71 bits per heavy atom. The second-order valence-electron chi connectivity index (χ2n) is 4.71. The number of nitrogens with one attached hydrogen (secondary N) is 1. The first kappa shape index (κ1) is 12.4. The van der Waals surface area contributed by atoms with E-state index in [9.17, 15) is 9.90 Å². The number of benzene rings is 1. The molecular weight excluding hydrogens is 238 g/mol. The Bertz CT molecular complexity index is 436. The van der Waals surface area contributed by atoms with Gasteiger partial charge < -0.3 is 10.4 Å². The quantitative estimate of drug-likeness (QED) is 0.870. The number of anilines is 1. The fourth-order valence-corrected chi connectivity index (χ4v) is 2.31. The molecule has 2 rings (SSSR count). The first-order valence-electron chi connectivity index (χ1n) is 5.76. The van der Waals surface area contributed by atoms with Crippen LogP contribution in [0.2, 0.25) is 5.02 Å². The van der Waals surface area contributed by atoms with Crippen molar-refractivity contribution in [1.82, 2.24) is 0 Å². The number of carbonyl (C=O) groups is 1. The van der Waals surface area contributed by atoms with Gasteiger partial charge in [-0.3, -0.25) is 4.79 Å². The van der Waals surface area contributed by atoms with Crippen LogP contribution in [0.15, 0.2) is 18.2 Å². The summed E-state index contributed by atoms with van der Waals surface area (Å²) in [6, 6.07) is 5.35. The molecule has 1 fully saturated rings. The molecule has 1 aliphatic rings. The summed E-state index contributed by atoms with van der Waals surface area (Å²) in [6.45, 7) is 1.82. The zero-order chi connectivity index (χ0) is 12.5. The zero-order valence-electron chi connectivity index (χ0n) is 9.79. The molecule has 0 atom stereocenters. The lowest BCUT2D eigenvalue weighted by Gasteiger charge is -2.38. The fourth-order valence-electron chi connectivity index (χ4n) is 2.08. The Labute approximate surface area is 106 Å². The average molecular weight is 254 g/mol. The maximum absolute atomic E-state index is 12.1. The number of hydrogen-bond acceptors (Lipinski definition) is 2. The minimum absolute atomic E-state index is 0.0779. The van der Waals surface area contributed by atoms with Crippen molar-refractivity contribution in [2.24, 2.45) is 5.41 Å². The third-order valence-electron chi connectivity index (χ3n) is 3.53. The number of hydrogen-bond donors (Lipinski definition) is 2. The lowest BCUT2D eigenvalue weighted by atomic mass is 9.68. The first-order valence-corrected chi connectivity index (χ1v) is 6.14. The van der Waals surface area contributed by atoms with Crippen LogP contribution < -0.4 is 5.32 Å². The number of amides is 1. The highest BCUT2D eigenvalue weighted by Gasteiger charge is 2.43. The molecule has 17 heavy (non-hydrogen) atoms. The van der Waals surface area contributed by atoms with E-state index in [0.717, 1.165) is 30.5 Å². The van der Waals surface area contributed by atoms with Gasteiger partial charge in [-0.05, 0) is 43.5 Å². The molecule has 0 aliphatic heterocycles. The van der Waals surface area contributed by atoms with E-state index in [-0.39, 0.29) is 12.5 Å². The molecule has 3 nitrogen and oxygen atoms in total. The highest BCUT2D eigenvalue weighted by atomic mass is 35.5. The van der Waals surface area contributed by atoms with Crippen molar-refractivity contribution < 1.29 is 9.90 Å². The molecule has 0 bridgehead atoms. The summed E-state index contributed by atoms with van der Waals surface area (Å²) < 4.78 is 0. The lowest BCUT2D eigenvalue weighted by molar-refractivity contribution is -0.133. The lowest BCUT2D eigenvalue weighted by Crippen LogP contribution is -2.44. The summed E-state index contributed by atoms with van der Waals surface area (Å²) in [5.74, 6) is -0.0864. The van der Waals surface area contributed by atoms with E-state index in [2.05, 4.69) is 5.32 Å². The van der Waals surface area contributed by atoms with E-state index in [1.807, 2.05) is 13.0 Å². The summed E-state index contributed by atoms with van der Waals surface area (Å²) >= 11 is 5.86. The molecule has 92 valence electrons. The zero-order valence-corrected chi connectivity index (χ0v) is 10.5. The number of halogens is 1. The van der Waals surface area contributed by atoms with Crippen molar-refractivity contribution >= 4 is 23.2 Å². The van der Waals surface area contributed by atoms with Crippen molar-refractivity contribution in [1.29, 1.82) is 0 Å². The molecule has 1 aromatic carbocycles. The van der Waals surface area contributed by atoms with E-state index in [1.165, 1.54) is 0 Å². The topological polar surface area (TPSA) is 49.3 Å². The number of aliphatic hydroxyl groups excluding tert-OH is 1. The SMILES string of the molecule is Cc1cc(Cl)ccc1NC(=O)C1(CO)CCC1. The van der Waals surface area contributed by atoms with Gasteiger partial charge in [0.25, 0.3) is 0 Å². The van der Waals surface area contributed by atoms with E-state index in [4.69, 9.17) is 11.6 Å². The maximum Gasteiger partial charge on any atom is 0.232 e. The second kappa shape index (κ2) is 4.67. The van der Waals surface area contributed by atoms with Crippen LogP contribution in [-0.2, 0) is 4.79 Å². The molecular formula is C13H16ClNO2. The second-order valence-corrected chi connectivity index (χ2v) is 5.14. The van der Waals surface area contributed by atoms with Gasteiger partial charge in [0.05, 0.1) is 12.0 Å². The molecule has 1 saturated carbocycles. The summed E-state index contributed by atoms with van der Waals surface area (Å²) in [5.41, 5.74) is 1.13. The Balaban J connectivity index is 2.13. The maximum atomic E-state index is 12.1. The highest BCUT2D eigenvalue weighted by Crippen LogP contribution is 2.41. The van der Waals surface area contributed by atoms with Crippen LogP contribution in [0, 0.1) is 12.3 Å². The van der Waals surface area contributed by atoms with Gasteiger partial charge in [0.15, 0.2) is 0 Å². The number of carbonyl (C=O) groups excluding carboxylic acids is 1. The van der Waals surface area contributed by atoms with Gasteiger partial charge in [-0.1, -0.05) is 18.0 Å². The van der Waals surface area contributed by atoms with E-state index in [0.29, 0.717) is 5.02 Å². The smallest absolute Gasteiger partial charge is 0.232 e.